The lowest BCUT2D eigenvalue weighted by Gasteiger charge is -2.15. The van der Waals surface area contributed by atoms with Gasteiger partial charge in [0.25, 0.3) is 0 Å². The van der Waals surface area contributed by atoms with Gasteiger partial charge in [0.1, 0.15) is 6.61 Å². The van der Waals surface area contributed by atoms with E-state index in [1.807, 2.05) is 0 Å². The van der Waals surface area contributed by atoms with Crippen molar-refractivity contribution < 1.29 is 22.7 Å². The number of carbonyl (C=O) groups excluding carboxylic acids is 1. The van der Waals surface area contributed by atoms with Crippen molar-refractivity contribution in [2.24, 2.45) is 0 Å². The van der Waals surface area contributed by atoms with Gasteiger partial charge in [0, 0.05) is 5.56 Å². The third kappa shape index (κ3) is 4.02. The molecule has 0 saturated carbocycles. The molecule has 0 aliphatic rings. The Labute approximate surface area is 101 Å². The molecule has 17 heavy (non-hydrogen) atoms. The Morgan fingerprint density at radius 2 is 2.00 bits per heavy atom. The van der Waals surface area contributed by atoms with Gasteiger partial charge >= 0.3 is 6.18 Å². The van der Waals surface area contributed by atoms with Crippen molar-refractivity contribution in [1.29, 1.82) is 0 Å². The SMILES string of the molecule is CC(OCC(=O)c1ccccc1Cl)C(F)(F)F. The number of benzene rings is 1. The van der Waals surface area contributed by atoms with E-state index in [1.54, 1.807) is 12.1 Å². The fourth-order valence-electron chi connectivity index (χ4n) is 1.06. The quantitative estimate of drug-likeness (QED) is 0.780. The van der Waals surface area contributed by atoms with E-state index >= 15 is 0 Å². The maximum absolute atomic E-state index is 12.1. The molecule has 6 heteroatoms. The van der Waals surface area contributed by atoms with Crippen LogP contribution in [0.1, 0.15) is 17.3 Å². The normalized spacial score (nSPS) is 13.5. The van der Waals surface area contributed by atoms with E-state index in [0.717, 1.165) is 6.92 Å². The summed E-state index contributed by atoms with van der Waals surface area (Å²) < 4.78 is 40.8. The molecule has 0 heterocycles. The summed E-state index contributed by atoms with van der Waals surface area (Å²) in [6.07, 6.45) is -6.45. The molecule has 0 amide bonds. The lowest BCUT2D eigenvalue weighted by atomic mass is 10.1. The fourth-order valence-corrected chi connectivity index (χ4v) is 1.30. The summed E-state index contributed by atoms with van der Waals surface area (Å²) in [4.78, 5) is 11.5. The molecule has 0 spiro atoms. The zero-order chi connectivity index (χ0) is 13.1. The monoisotopic (exact) mass is 266 g/mol. The minimum Gasteiger partial charge on any atom is -0.361 e. The maximum Gasteiger partial charge on any atom is 0.414 e. The molecule has 0 saturated heterocycles. The molecule has 1 rings (SSSR count). The molecular formula is C11H10ClF3O2. The molecule has 0 aliphatic carbocycles. The number of halogens is 4. The van der Waals surface area contributed by atoms with Crippen LogP contribution < -0.4 is 0 Å². The summed E-state index contributed by atoms with van der Waals surface area (Å²) in [5, 5.41) is 0.195. The summed E-state index contributed by atoms with van der Waals surface area (Å²) in [7, 11) is 0. The van der Waals surface area contributed by atoms with Crippen molar-refractivity contribution in [3.05, 3.63) is 34.9 Å². The van der Waals surface area contributed by atoms with Crippen molar-refractivity contribution >= 4 is 17.4 Å². The van der Waals surface area contributed by atoms with Crippen LogP contribution in [0.25, 0.3) is 0 Å². The van der Waals surface area contributed by atoms with Crippen LogP contribution in [0.5, 0.6) is 0 Å². The Morgan fingerprint density at radius 3 is 2.53 bits per heavy atom. The Hall–Kier alpha value is -1.07. The van der Waals surface area contributed by atoms with Gasteiger partial charge in [-0.05, 0) is 19.1 Å². The van der Waals surface area contributed by atoms with Crippen molar-refractivity contribution in [1.82, 2.24) is 0 Å². The van der Waals surface area contributed by atoms with E-state index in [2.05, 4.69) is 4.74 Å². The molecule has 0 aromatic heterocycles. The van der Waals surface area contributed by atoms with E-state index in [1.165, 1.54) is 12.1 Å². The van der Waals surface area contributed by atoms with Gasteiger partial charge in [-0.25, -0.2) is 0 Å². The van der Waals surface area contributed by atoms with Gasteiger partial charge in [-0.15, -0.1) is 0 Å². The summed E-state index contributed by atoms with van der Waals surface area (Å²) in [5.41, 5.74) is 0.156. The second-order valence-corrected chi connectivity index (χ2v) is 3.81. The fraction of sp³-hybridized carbons (Fsp3) is 0.364. The number of rotatable bonds is 4. The lowest BCUT2D eigenvalue weighted by Crippen LogP contribution is -2.30. The number of ketones is 1. The number of ether oxygens (including phenoxy) is 1. The summed E-state index contributed by atoms with van der Waals surface area (Å²) in [6.45, 7) is 0.199. The van der Waals surface area contributed by atoms with Gasteiger partial charge in [0.15, 0.2) is 11.9 Å². The van der Waals surface area contributed by atoms with Crippen molar-refractivity contribution in [2.45, 2.75) is 19.2 Å². The first kappa shape index (κ1) is 14.0. The summed E-state index contributed by atoms with van der Waals surface area (Å²) in [6, 6.07) is 6.12. The van der Waals surface area contributed by atoms with Crippen LogP contribution >= 0.6 is 11.6 Å². The summed E-state index contributed by atoms with van der Waals surface area (Å²) in [5.74, 6) is -0.577. The maximum atomic E-state index is 12.1. The van der Waals surface area contributed by atoms with Crippen LogP contribution in [0.15, 0.2) is 24.3 Å². The standard InChI is InChI=1S/C11H10ClF3O2/c1-7(11(13,14)15)17-6-10(16)8-4-2-3-5-9(8)12/h2-5,7H,6H2,1H3. The number of alkyl halides is 3. The molecular weight excluding hydrogens is 257 g/mol. The molecule has 0 aliphatic heterocycles. The second kappa shape index (κ2) is 5.51. The first-order chi connectivity index (χ1) is 7.82. The second-order valence-electron chi connectivity index (χ2n) is 3.40. The Bertz CT molecular complexity index is 404. The van der Waals surface area contributed by atoms with Gasteiger partial charge in [-0.3, -0.25) is 4.79 Å². The highest BCUT2D eigenvalue weighted by molar-refractivity contribution is 6.34. The van der Waals surface area contributed by atoms with Crippen molar-refractivity contribution in [3.63, 3.8) is 0 Å². The molecule has 0 radical (unpaired) electrons. The summed E-state index contributed by atoms with van der Waals surface area (Å²) >= 11 is 5.73. The molecule has 0 N–H and O–H groups in total. The number of carbonyl (C=O) groups is 1. The Morgan fingerprint density at radius 1 is 1.41 bits per heavy atom. The van der Waals surface area contributed by atoms with Crippen LogP contribution in [0.3, 0.4) is 0 Å². The topological polar surface area (TPSA) is 26.3 Å². The van der Waals surface area contributed by atoms with E-state index in [-0.39, 0.29) is 10.6 Å². The van der Waals surface area contributed by atoms with Crippen LogP contribution in [0, 0.1) is 0 Å². The molecule has 0 bridgehead atoms. The Balaban J connectivity index is 2.60. The predicted octanol–water partition coefficient (Wildman–Crippen LogP) is 3.49. The smallest absolute Gasteiger partial charge is 0.361 e. The first-order valence-corrected chi connectivity index (χ1v) is 5.16. The van der Waals surface area contributed by atoms with E-state index < -0.39 is 24.7 Å². The molecule has 1 aromatic carbocycles. The van der Waals surface area contributed by atoms with Gasteiger partial charge < -0.3 is 4.74 Å². The molecule has 1 unspecified atom stereocenters. The number of hydrogen-bond acceptors (Lipinski definition) is 2. The minimum absolute atomic E-state index is 0.156. The molecule has 1 atom stereocenters. The van der Waals surface area contributed by atoms with Gasteiger partial charge in [0.2, 0.25) is 0 Å². The predicted molar refractivity (Wildman–Crippen MR) is 57.3 cm³/mol. The average Bonchev–Trinajstić information content (AvgIpc) is 2.24. The molecule has 1 aromatic rings. The highest BCUT2D eigenvalue weighted by atomic mass is 35.5. The average molecular weight is 267 g/mol. The number of Topliss-reactive ketones (excluding diaryl/α,β-unsaturated/α-hetero) is 1. The lowest BCUT2D eigenvalue weighted by molar-refractivity contribution is -0.210. The van der Waals surface area contributed by atoms with Gasteiger partial charge in [-0.1, -0.05) is 23.7 Å². The van der Waals surface area contributed by atoms with Gasteiger partial charge in [-0.2, -0.15) is 13.2 Å². The molecule has 0 fully saturated rings. The zero-order valence-corrected chi connectivity index (χ0v) is 9.68. The van der Waals surface area contributed by atoms with Crippen LogP contribution in [-0.2, 0) is 4.74 Å². The van der Waals surface area contributed by atoms with Crippen LogP contribution in [0.4, 0.5) is 13.2 Å². The third-order valence-electron chi connectivity index (χ3n) is 2.10. The highest BCUT2D eigenvalue weighted by Crippen LogP contribution is 2.23. The van der Waals surface area contributed by atoms with Gasteiger partial charge in [0.05, 0.1) is 5.02 Å². The Kier molecular flexibility index (Phi) is 4.54. The van der Waals surface area contributed by atoms with Crippen molar-refractivity contribution in [2.75, 3.05) is 6.61 Å². The van der Waals surface area contributed by atoms with E-state index in [4.69, 9.17) is 11.6 Å². The first-order valence-electron chi connectivity index (χ1n) is 4.78. The largest absolute Gasteiger partial charge is 0.414 e. The van der Waals surface area contributed by atoms with E-state index in [9.17, 15) is 18.0 Å². The molecule has 94 valence electrons. The van der Waals surface area contributed by atoms with Crippen LogP contribution in [0.2, 0.25) is 5.02 Å². The van der Waals surface area contributed by atoms with Crippen molar-refractivity contribution in [3.8, 4) is 0 Å². The molecule has 2 nitrogen and oxygen atoms in total. The highest BCUT2D eigenvalue weighted by Gasteiger charge is 2.37. The number of hydrogen-bond donors (Lipinski definition) is 0. The van der Waals surface area contributed by atoms with E-state index in [0.29, 0.717) is 0 Å². The minimum atomic E-state index is -4.47. The van der Waals surface area contributed by atoms with Crippen LogP contribution in [-0.4, -0.2) is 24.7 Å². The zero-order valence-electron chi connectivity index (χ0n) is 8.92. The third-order valence-corrected chi connectivity index (χ3v) is 2.43.